The maximum absolute atomic E-state index is 12.5. The van der Waals surface area contributed by atoms with Crippen molar-refractivity contribution in [3.05, 3.63) is 34.9 Å². The van der Waals surface area contributed by atoms with Gasteiger partial charge in [0.15, 0.2) is 5.96 Å². The predicted molar refractivity (Wildman–Crippen MR) is 119 cm³/mol. The summed E-state index contributed by atoms with van der Waals surface area (Å²) in [6.07, 6.45) is 1.61. The number of nitrogens with zero attached hydrogens (tertiary/aromatic N) is 3. The van der Waals surface area contributed by atoms with Gasteiger partial charge in [0.1, 0.15) is 6.10 Å². The van der Waals surface area contributed by atoms with E-state index in [4.69, 9.17) is 21.3 Å². The first-order chi connectivity index (χ1) is 12.7. The standard InChI is InChI=1S/C19H27ClN4O2.HI/c1-2-21-19(22-14-15-5-7-16(20)8-6-15)24-11-9-23(10-12-24)18(25)17-4-3-13-26-17;/h5-8,17H,2-4,9-14H2,1H3,(H,21,22);1H. The van der Waals surface area contributed by atoms with E-state index < -0.39 is 0 Å². The fraction of sp³-hybridized carbons (Fsp3) is 0.579. The highest BCUT2D eigenvalue weighted by Crippen LogP contribution is 2.16. The molecule has 0 saturated carbocycles. The smallest absolute Gasteiger partial charge is 0.251 e. The number of amides is 1. The summed E-state index contributed by atoms with van der Waals surface area (Å²) >= 11 is 5.93. The fourth-order valence-electron chi connectivity index (χ4n) is 3.30. The van der Waals surface area contributed by atoms with E-state index in [2.05, 4.69) is 17.1 Å². The van der Waals surface area contributed by atoms with Gasteiger partial charge >= 0.3 is 0 Å². The number of benzene rings is 1. The molecule has 1 amide bonds. The van der Waals surface area contributed by atoms with Crippen LogP contribution in [-0.2, 0) is 16.1 Å². The van der Waals surface area contributed by atoms with Crippen LogP contribution < -0.4 is 5.32 Å². The number of ether oxygens (including phenoxy) is 1. The molecule has 3 rings (SSSR count). The van der Waals surface area contributed by atoms with Crippen molar-refractivity contribution in [3.8, 4) is 0 Å². The number of nitrogens with one attached hydrogen (secondary N) is 1. The van der Waals surface area contributed by atoms with Crippen LogP contribution in [0.5, 0.6) is 0 Å². The molecule has 2 fully saturated rings. The fourth-order valence-corrected chi connectivity index (χ4v) is 3.42. The minimum Gasteiger partial charge on any atom is -0.368 e. The molecule has 0 aliphatic carbocycles. The van der Waals surface area contributed by atoms with E-state index in [-0.39, 0.29) is 36.0 Å². The van der Waals surface area contributed by atoms with E-state index in [0.29, 0.717) is 26.2 Å². The van der Waals surface area contributed by atoms with Crippen molar-refractivity contribution in [1.29, 1.82) is 0 Å². The molecule has 6 nitrogen and oxygen atoms in total. The number of hydrogen-bond donors (Lipinski definition) is 1. The summed E-state index contributed by atoms with van der Waals surface area (Å²) in [6.45, 7) is 7.18. The maximum atomic E-state index is 12.5. The van der Waals surface area contributed by atoms with Gasteiger partial charge in [0, 0.05) is 44.4 Å². The zero-order valence-corrected chi connectivity index (χ0v) is 18.8. The van der Waals surface area contributed by atoms with Crippen molar-refractivity contribution in [2.75, 3.05) is 39.3 Å². The summed E-state index contributed by atoms with van der Waals surface area (Å²) in [7, 11) is 0. The van der Waals surface area contributed by atoms with Gasteiger partial charge in [-0.25, -0.2) is 4.99 Å². The Kier molecular flexibility index (Phi) is 9.11. The summed E-state index contributed by atoms with van der Waals surface area (Å²) in [6, 6.07) is 7.75. The lowest BCUT2D eigenvalue weighted by Crippen LogP contribution is -2.55. The molecule has 27 heavy (non-hydrogen) atoms. The lowest BCUT2D eigenvalue weighted by Gasteiger charge is -2.37. The minimum absolute atomic E-state index is 0. The van der Waals surface area contributed by atoms with Crippen LogP contribution >= 0.6 is 35.6 Å². The third-order valence-electron chi connectivity index (χ3n) is 4.76. The van der Waals surface area contributed by atoms with Gasteiger partial charge in [0.25, 0.3) is 5.91 Å². The molecule has 1 aromatic rings. The van der Waals surface area contributed by atoms with E-state index in [0.717, 1.165) is 49.0 Å². The quantitative estimate of drug-likeness (QED) is 0.388. The highest BCUT2D eigenvalue weighted by atomic mass is 127. The number of piperazine rings is 1. The Balaban J connectivity index is 0.00000261. The van der Waals surface area contributed by atoms with E-state index in [9.17, 15) is 4.79 Å². The Bertz CT molecular complexity index is 627. The molecule has 2 aliphatic rings. The molecule has 8 heteroatoms. The van der Waals surface area contributed by atoms with Crippen LogP contribution in [0.25, 0.3) is 0 Å². The van der Waals surface area contributed by atoms with Crippen LogP contribution in [0.3, 0.4) is 0 Å². The lowest BCUT2D eigenvalue weighted by molar-refractivity contribution is -0.142. The van der Waals surface area contributed by atoms with Crippen LogP contribution in [0, 0.1) is 0 Å². The zero-order chi connectivity index (χ0) is 18.4. The summed E-state index contributed by atoms with van der Waals surface area (Å²) in [5.74, 6) is 1.04. The van der Waals surface area contributed by atoms with Gasteiger partial charge < -0.3 is 19.9 Å². The van der Waals surface area contributed by atoms with E-state index in [1.165, 1.54) is 0 Å². The number of carbonyl (C=O) groups excluding carboxylic acids is 1. The number of guanidine groups is 1. The van der Waals surface area contributed by atoms with Crippen molar-refractivity contribution in [2.24, 2.45) is 4.99 Å². The zero-order valence-electron chi connectivity index (χ0n) is 15.7. The van der Waals surface area contributed by atoms with Gasteiger partial charge in [-0.2, -0.15) is 0 Å². The minimum atomic E-state index is -0.228. The molecule has 2 heterocycles. The van der Waals surface area contributed by atoms with Crippen LogP contribution in [-0.4, -0.2) is 67.1 Å². The van der Waals surface area contributed by atoms with Crippen molar-refractivity contribution in [1.82, 2.24) is 15.1 Å². The number of carbonyl (C=O) groups is 1. The number of halogens is 2. The van der Waals surface area contributed by atoms with Gasteiger partial charge in [-0.3, -0.25) is 4.79 Å². The van der Waals surface area contributed by atoms with Crippen molar-refractivity contribution in [3.63, 3.8) is 0 Å². The summed E-state index contributed by atoms with van der Waals surface area (Å²) in [5.41, 5.74) is 1.12. The van der Waals surface area contributed by atoms with Gasteiger partial charge in [0.2, 0.25) is 0 Å². The molecular formula is C19H28ClIN4O2. The van der Waals surface area contributed by atoms with Crippen LogP contribution in [0.2, 0.25) is 5.02 Å². The largest absolute Gasteiger partial charge is 0.368 e. The van der Waals surface area contributed by atoms with Gasteiger partial charge in [0.05, 0.1) is 6.54 Å². The van der Waals surface area contributed by atoms with Crippen molar-refractivity contribution in [2.45, 2.75) is 32.4 Å². The molecule has 0 spiro atoms. The van der Waals surface area contributed by atoms with E-state index >= 15 is 0 Å². The normalized spacial score (nSPS) is 20.4. The molecule has 2 saturated heterocycles. The third-order valence-corrected chi connectivity index (χ3v) is 5.01. The highest BCUT2D eigenvalue weighted by Gasteiger charge is 2.30. The molecular weight excluding hydrogens is 479 g/mol. The highest BCUT2D eigenvalue weighted by molar-refractivity contribution is 14.0. The lowest BCUT2D eigenvalue weighted by atomic mass is 10.2. The first-order valence-electron chi connectivity index (χ1n) is 9.35. The molecule has 1 unspecified atom stereocenters. The van der Waals surface area contributed by atoms with Gasteiger partial charge in [-0.05, 0) is 37.5 Å². The number of hydrogen-bond acceptors (Lipinski definition) is 3. The average molecular weight is 507 g/mol. The molecule has 0 radical (unpaired) electrons. The molecule has 1 atom stereocenters. The van der Waals surface area contributed by atoms with Crippen LogP contribution in [0.15, 0.2) is 29.3 Å². The molecule has 2 aliphatic heterocycles. The second-order valence-electron chi connectivity index (χ2n) is 6.61. The Morgan fingerprint density at radius 1 is 1.22 bits per heavy atom. The molecule has 0 aromatic heterocycles. The monoisotopic (exact) mass is 506 g/mol. The molecule has 0 bridgehead atoms. The Morgan fingerprint density at radius 2 is 1.89 bits per heavy atom. The molecule has 1 N–H and O–H groups in total. The first kappa shape index (κ1) is 22.2. The van der Waals surface area contributed by atoms with Gasteiger partial charge in [-0.15, -0.1) is 24.0 Å². The van der Waals surface area contributed by atoms with Gasteiger partial charge in [-0.1, -0.05) is 23.7 Å². The second kappa shape index (κ2) is 11.1. The second-order valence-corrected chi connectivity index (χ2v) is 7.05. The predicted octanol–water partition coefficient (Wildman–Crippen LogP) is 2.75. The van der Waals surface area contributed by atoms with Crippen LogP contribution in [0.1, 0.15) is 25.3 Å². The summed E-state index contributed by atoms with van der Waals surface area (Å²) < 4.78 is 5.53. The van der Waals surface area contributed by atoms with Crippen molar-refractivity contribution >= 4 is 47.4 Å². The van der Waals surface area contributed by atoms with E-state index in [1.54, 1.807) is 0 Å². The van der Waals surface area contributed by atoms with E-state index in [1.807, 2.05) is 29.2 Å². The maximum Gasteiger partial charge on any atom is 0.251 e. The SMILES string of the molecule is CCNC(=NCc1ccc(Cl)cc1)N1CCN(C(=O)C2CCCO2)CC1.I. The Hall–Kier alpha value is -1.06. The first-order valence-corrected chi connectivity index (χ1v) is 9.73. The van der Waals surface area contributed by atoms with Crippen molar-refractivity contribution < 1.29 is 9.53 Å². The number of aliphatic imine (C=N–C) groups is 1. The van der Waals surface area contributed by atoms with Crippen LogP contribution in [0.4, 0.5) is 0 Å². The average Bonchev–Trinajstić information content (AvgIpc) is 3.21. The Labute approximate surface area is 183 Å². The summed E-state index contributed by atoms with van der Waals surface area (Å²) in [5, 5.41) is 4.09. The Morgan fingerprint density at radius 3 is 2.48 bits per heavy atom. The third kappa shape index (κ3) is 6.22. The summed E-state index contributed by atoms with van der Waals surface area (Å²) in [4.78, 5) is 21.4. The molecule has 150 valence electrons. The number of rotatable bonds is 4. The molecule has 1 aromatic carbocycles. The topological polar surface area (TPSA) is 57.2 Å².